The highest BCUT2D eigenvalue weighted by molar-refractivity contribution is 5.98. The number of hydrogen-bond donors (Lipinski definition) is 0. The van der Waals surface area contributed by atoms with E-state index in [1.165, 1.54) is 0 Å². The van der Waals surface area contributed by atoms with Crippen LogP contribution in [0.4, 0.5) is 0 Å². The van der Waals surface area contributed by atoms with E-state index in [1.807, 2.05) is 67.6 Å². The molecule has 0 N–H and O–H groups in total. The van der Waals surface area contributed by atoms with Crippen molar-refractivity contribution in [1.29, 1.82) is 0 Å². The maximum atomic E-state index is 13.4. The quantitative estimate of drug-likeness (QED) is 0.391. The van der Waals surface area contributed by atoms with Crippen LogP contribution in [-0.2, 0) is 19.9 Å². The Hall–Kier alpha value is -3.44. The van der Waals surface area contributed by atoms with Crippen molar-refractivity contribution in [3.8, 4) is 5.75 Å². The third kappa shape index (κ3) is 4.42. The van der Waals surface area contributed by atoms with Gasteiger partial charge in [-0.05, 0) is 42.3 Å². The SMILES string of the molecule is CCOC(C(=O)OCC(=O)c1ccc(OC)cc1)(c1ccccc1)c1ccccc1. The molecule has 0 radical (unpaired) electrons. The molecule has 5 heteroatoms. The van der Waals surface area contributed by atoms with Crippen LogP contribution in [0.5, 0.6) is 5.75 Å². The molecule has 5 nitrogen and oxygen atoms in total. The lowest BCUT2D eigenvalue weighted by Gasteiger charge is -2.32. The predicted molar refractivity (Wildman–Crippen MR) is 114 cm³/mol. The zero-order valence-electron chi connectivity index (χ0n) is 17.0. The number of ketones is 1. The van der Waals surface area contributed by atoms with Gasteiger partial charge >= 0.3 is 5.97 Å². The molecule has 0 aliphatic rings. The molecule has 3 rings (SSSR count). The summed E-state index contributed by atoms with van der Waals surface area (Å²) in [5, 5.41) is 0. The van der Waals surface area contributed by atoms with Gasteiger partial charge in [-0.1, -0.05) is 60.7 Å². The summed E-state index contributed by atoms with van der Waals surface area (Å²) in [6, 6.07) is 25.0. The minimum Gasteiger partial charge on any atom is -0.497 e. The van der Waals surface area contributed by atoms with Crippen molar-refractivity contribution in [2.75, 3.05) is 20.3 Å². The summed E-state index contributed by atoms with van der Waals surface area (Å²) in [6.45, 7) is 1.71. The van der Waals surface area contributed by atoms with Crippen molar-refractivity contribution >= 4 is 11.8 Å². The average molecular weight is 404 g/mol. The summed E-state index contributed by atoms with van der Waals surface area (Å²) in [6.07, 6.45) is 0. The first-order valence-corrected chi connectivity index (χ1v) is 9.71. The van der Waals surface area contributed by atoms with Crippen LogP contribution < -0.4 is 4.74 Å². The maximum absolute atomic E-state index is 13.4. The topological polar surface area (TPSA) is 61.8 Å². The van der Waals surface area contributed by atoms with E-state index >= 15 is 0 Å². The molecule has 0 amide bonds. The molecular weight excluding hydrogens is 380 g/mol. The molecule has 0 saturated heterocycles. The molecule has 0 saturated carbocycles. The number of rotatable bonds is 9. The third-order valence-corrected chi connectivity index (χ3v) is 4.76. The third-order valence-electron chi connectivity index (χ3n) is 4.76. The van der Waals surface area contributed by atoms with Gasteiger partial charge in [-0.25, -0.2) is 4.79 Å². The number of carbonyl (C=O) groups is 2. The van der Waals surface area contributed by atoms with Crippen LogP contribution in [-0.4, -0.2) is 32.1 Å². The van der Waals surface area contributed by atoms with Crippen LogP contribution >= 0.6 is 0 Å². The van der Waals surface area contributed by atoms with Gasteiger partial charge in [-0.2, -0.15) is 0 Å². The van der Waals surface area contributed by atoms with E-state index < -0.39 is 11.6 Å². The standard InChI is InChI=1S/C25H24O5/c1-3-30-25(20-10-6-4-7-11-20,21-12-8-5-9-13-21)24(27)29-18-23(26)19-14-16-22(28-2)17-15-19/h4-17H,3,18H2,1-2H3. The largest absolute Gasteiger partial charge is 0.497 e. The Balaban J connectivity index is 1.89. The van der Waals surface area contributed by atoms with Gasteiger partial charge in [0, 0.05) is 12.2 Å². The van der Waals surface area contributed by atoms with Crippen molar-refractivity contribution < 1.29 is 23.8 Å². The number of esters is 1. The van der Waals surface area contributed by atoms with E-state index in [0.29, 0.717) is 22.4 Å². The number of benzene rings is 3. The molecule has 0 fully saturated rings. The zero-order valence-corrected chi connectivity index (χ0v) is 17.0. The van der Waals surface area contributed by atoms with E-state index in [2.05, 4.69) is 0 Å². The second-order valence-corrected chi connectivity index (χ2v) is 6.57. The lowest BCUT2D eigenvalue weighted by atomic mass is 9.86. The van der Waals surface area contributed by atoms with E-state index in [-0.39, 0.29) is 19.0 Å². The molecule has 3 aromatic rings. The number of carbonyl (C=O) groups excluding carboxylic acids is 2. The summed E-state index contributed by atoms with van der Waals surface area (Å²) in [4.78, 5) is 25.9. The zero-order chi connectivity index (χ0) is 21.4. The molecule has 0 aliphatic heterocycles. The van der Waals surface area contributed by atoms with E-state index in [1.54, 1.807) is 31.4 Å². The molecule has 154 valence electrons. The van der Waals surface area contributed by atoms with Gasteiger partial charge in [0.2, 0.25) is 5.60 Å². The van der Waals surface area contributed by atoms with Crippen molar-refractivity contribution in [2.45, 2.75) is 12.5 Å². The van der Waals surface area contributed by atoms with E-state index in [4.69, 9.17) is 14.2 Å². The Morgan fingerprint density at radius 2 is 1.33 bits per heavy atom. The van der Waals surface area contributed by atoms with Crippen molar-refractivity contribution in [3.05, 3.63) is 102 Å². The van der Waals surface area contributed by atoms with Crippen LogP contribution in [0.2, 0.25) is 0 Å². The Kier molecular flexibility index (Phi) is 6.99. The van der Waals surface area contributed by atoms with Crippen molar-refractivity contribution in [2.24, 2.45) is 0 Å². The van der Waals surface area contributed by atoms with Gasteiger partial charge < -0.3 is 14.2 Å². The van der Waals surface area contributed by atoms with Crippen LogP contribution in [0, 0.1) is 0 Å². The smallest absolute Gasteiger partial charge is 0.348 e. The van der Waals surface area contributed by atoms with Crippen LogP contribution in [0.25, 0.3) is 0 Å². The Bertz CT molecular complexity index is 926. The Labute approximate surface area is 176 Å². The van der Waals surface area contributed by atoms with Crippen LogP contribution in [0.15, 0.2) is 84.9 Å². The summed E-state index contributed by atoms with van der Waals surface area (Å²) in [5.41, 5.74) is 0.252. The average Bonchev–Trinajstić information content (AvgIpc) is 2.82. The van der Waals surface area contributed by atoms with Gasteiger partial charge in [0.25, 0.3) is 0 Å². The number of hydrogen-bond acceptors (Lipinski definition) is 5. The first-order valence-electron chi connectivity index (χ1n) is 9.71. The fraction of sp³-hybridized carbons (Fsp3) is 0.200. The van der Waals surface area contributed by atoms with Gasteiger partial charge in [0.1, 0.15) is 5.75 Å². The monoisotopic (exact) mass is 404 g/mol. The molecule has 3 aromatic carbocycles. The van der Waals surface area contributed by atoms with E-state index in [0.717, 1.165) is 0 Å². The Morgan fingerprint density at radius 3 is 1.80 bits per heavy atom. The van der Waals surface area contributed by atoms with Crippen LogP contribution in [0.1, 0.15) is 28.4 Å². The summed E-state index contributed by atoms with van der Waals surface area (Å²) >= 11 is 0. The highest BCUT2D eigenvalue weighted by atomic mass is 16.6. The van der Waals surface area contributed by atoms with Crippen molar-refractivity contribution in [1.82, 2.24) is 0 Å². The summed E-state index contributed by atoms with van der Waals surface area (Å²) in [7, 11) is 1.55. The molecule has 0 bridgehead atoms. The molecule has 30 heavy (non-hydrogen) atoms. The maximum Gasteiger partial charge on any atom is 0.348 e. The molecule has 0 spiro atoms. The van der Waals surface area contributed by atoms with Gasteiger partial charge in [0.05, 0.1) is 7.11 Å². The van der Waals surface area contributed by atoms with Gasteiger partial charge in [0.15, 0.2) is 12.4 Å². The Morgan fingerprint density at radius 1 is 0.800 bits per heavy atom. The summed E-state index contributed by atoms with van der Waals surface area (Å²) in [5.74, 6) is -0.298. The van der Waals surface area contributed by atoms with Gasteiger partial charge in [-0.3, -0.25) is 4.79 Å². The molecule has 0 aliphatic carbocycles. The second kappa shape index (κ2) is 9.85. The number of ether oxygens (including phenoxy) is 3. The predicted octanol–water partition coefficient (Wildman–Crippen LogP) is 4.40. The highest BCUT2D eigenvalue weighted by Crippen LogP contribution is 2.35. The molecule has 0 atom stereocenters. The molecule has 0 heterocycles. The van der Waals surface area contributed by atoms with Crippen molar-refractivity contribution in [3.63, 3.8) is 0 Å². The molecule has 0 unspecified atom stereocenters. The fourth-order valence-corrected chi connectivity index (χ4v) is 3.28. The first kappa shape index (κ1) is 21.3. The van der Waals surface area contributed by atoms with E-state index in [9.17, 15) is 9.59 Å². The minimum atomic E-state index is -1.46. The van der Waals surface area contributed by atoms with Gasteiger partial charge in [-0.15, -0.1) is 0 Å². The number of Topliss-reactive ketones (excluding diaryl/α,β-unsaturated/α-hetero) is 1. The first-order chi connectivity index (χ1) is 14.6. The summed E-state index contributed by atoms with van der Waals surface area (Å²) < 4.78 is 16.6. The lowest BCUT2D eigenvalue weighted by molar-refractivity contribution is -0.167. The normalized spacial score (nSPS) is 11.0. The minimum absolute atomic E-state index is 0.283. The highest BCUT2D eigenvalue weighted by Gasteiger charge is 2.45. The fourth-order valence-electron chi connectivity index (χ4n) is 3.28. The van der Waals surface area contributed by atoms with Crippen LogP contribution in [0.3, 0.4) is 0 Å². The molecule has 0 aromatic heterocycles. The molecular formula is C25H24O5. The number of methoxy groups -OCH3 is 1. The second-order valence-electron chi connectivity index (χ2n) is 6.57. The lowest BCUT2D eigenvalue weighted by Crippen LogP contribution is -2.42.